The van der Waals surface area contributed by atoms with Gasteiger partial charge in [-0.2, -0.15) is 0 Å². The number of hydrogen-bond donors (Lipinski definition) is 1. The largest absolute Gasteiger partial charge is 0.332 e. The number of carbonyl (C=O) groups excluding carboxylic acids is 1. The smallest absolute Gasteiger partial charge is 0.317 e. The lowest BCUT2D eigenvalue weighted by Crippen LogP contribution is -2.47. The quantitative estimate of drug-likeness (QED) is 0.882. The van der Waals surface area contributed by atoms with Crippen molar-refractivity contribution in [2.45, 2.75) is 25.8 Å². The van der Waals surface area contributed by atoms with Crippen LogP contribution in [0.25, 0.3) is 0 Å². The second-order valence-corrected chi connectivity index (χ2v) is 8.07. The molecule has 0 bridgehead atoms. The molecule has 1 aliphatic rings. The van der Waals surface area contributed by atoms with Crippen LogP contribution in [-0.4, -0.2) is 51.4 Å². The van der Waals surface area contributed by atoms with E-state index in [-0.39, 0.29) is 26.1 Å². The van der Waals surface area contributed by atoms with E-state index in [1.165, 1.54) is 6.08 Å². The van der Waals surface area contributed by atoms with E-state index in [0.29, 0.717) is 25.9 Å². The van der Waals surface area contributed by atoms with Crippen LogP contribution in [0, 0.1) is 5.92 Å². The van der Waals surface area contributed by atoms with Crippen molar-refractivity contribution < 1.29 is 19.0 Å². The Hall–Kier alpha value is -1.89. The average Bonchev–Trinajstić information content (AvgIpc) is 2.61. The van der Waals surface area contributed by atoms with E-state index < -0.39 is 9.84 Å². The minimum Gasteiger partial charge on any atom is -0.332 e. The number of likely N-dealkylation sites (tertiary alicyclic amines) is 1. The van der Waals surface area contributed by atoms with Gasteiger partial charge in [-0.3, -0.25) is 4.39 Å². The molecule has 0 aliphatic carbocycles. The molecule has 0 unspecified atom stereocenters. The number of alkyl halides is 1. The van der Waals surface area contributed by atoms with Gasteiger partial charge in [0, 0.05) is 32.2 Å². The summed E-state index contributed by atoms with van der Waals surface area (Å²) in [4.78, 5) is 13.5. The molecule has 7 heteroatoms. The topological polar surface area (TPSA) is 66.5 Å². The number of benzene rings is 1. The molecule has 5 nitrogen and oxygen atoms in total. The maximum atomic E-state index is 12.4. The molecule has 1 fully saturated rings. The molecule has 0 aromatic heterocycles. The Morgan fingerprint density at radius 1 is 1.24 bits per heavy atom. The molecule has 1 N–H and O–H groups in total. The average molecular weight is 373 g/mol. The highest BCUT2D eigenvalue weighted by Gasteiger charge is 2.22. The van der Waals surface area contributed by atoms with Gasteiger partial charge in [0.15, 0.2) is 9.84 Å². The normalized spacial score (nSPS) is 16.8. The van der Waals surface area contributed by atoms with Crippen molar-refractivity contribution in [3.8, 4) is 0 Å². The zero-order valence-corrected chi connectivity index (χ0v) is 15.6. The number of hydrogen-bond acceptors (Lipinski definition) is 3. The van der Waals surface area contributed by atoms with Crippen molar-refractivity contribution in [3.05, 3.63) is 47.9 Å². The van der Waals surface area contributed by atoms with Crippen molar-refractivity contribution >= 4 is 15.9 Å². The van der Waals surface area contributed by atoms with Crippen molar-refractivity contribution in [1.82, 2.24) is 10.2 Å². The molecule has 142 valence electrons. The molecule has 1 saturated heterocycles. The lowest BCUT2D eigenvalue weighted by atomic mass is 9.99. The molecule has 0 radical (unpaired) electrons. The van der Waals surface area contributed by atoms with E-state index in [0.717, 1.165) is 11.7 Å². The predicted octanol–water partition coefficient (Wildman–Crippen LogP) is 3.26. The zero-order chi connectivity index (χ0) is 18.7. The van der Waals surface area contributed by atoms with E-state index in [4.69, 9.17) is 0 Å². The van der Waals surface area contributed by atoms with Crippen LogP contribution in [0.1, 0.15) is 21.2 Å². The van der Waals surface area contributed by atoms with Gasteiger partial charge in [0.1, 0.15) is 0 Å². The van der Waals surface area contributed by atoms with Crippen LogP contribution in [0.2, 0.25) is 0 Å². The van der Waals surface area contributed by atoms with Crippen LogP contribution in [-0.2, 0) is 9.84 Å². The van der Waals surface area contributed by atoms with Gasteiger partial charge in [-0.1, -0.05) is 42.5 Å². The van der Waals surface area contributed by atoms with Gasteiger partial charge in [0.05, 0.1) is 6.67 Å². The third kappa shape index (κ3) is 9.86. The summed E-state index contributed by atoms with van der Waals surface area (Å²) >= 11 is 0. The first-order valence-electron chi connectivity index (χ1n) is 8.31. The van der Waals surface area contributed by atoms with E-state index >= 15 is 0 Å². The van der Waals surface area contributed by atoms with Crippen LogP contribution in [0.15, 0.2) is 47.9 Å². The molecule has 2 rings (SSSR count). The van der Waals surface area contributed by atoms with Gasteiger partial charge in [-0.15, -0.1) is 0 Å². The van der Waals surface area contributed by atoms with E-state index in [1.807, 2.05) is 36.4 Å². The first kappa shape index (κ1) is 21.2. The minimum absolute atomic E-state index is 0. The van der Waals surface area contributed by atoms with E-state index in [9.17, 15) is 17.6 Å². The summed E-state index contributed by atoms with van der Waals surface area (Å²) in [5, 5.41) is 3.77. The lowest BCUT2D eigenvalue weighted by molar-refractivity contribution is 0.160. The SMILES string of the molecule is C[C@@H](/C=C/S(C)(=O)=O)NC(=O)N1CCC(CF)CC1.[HH].c1ccccc1. The van der Waals surface area contributed by atoms with Crippen LogP contribution in [0.5, 0.6) is 0 Å². The number of urea groups is 1. The van der Waals surface area contributed by atoms with E-state index in [1.54, 1.807) is 11.8 Å². The number of halogens is 1. The van der Waals surface area contributed by atoms with Crippen molar-refractivity contribution in [2.75, 3.05) is 26.0 Å². The predicted molar refractivity (Wildman–Crippen MR) is 101 cm³/mol. The molecule has 1 aliphatic heterocycles. The first-order valence-corrected chi connectivity index (χ1v) is 10.3. The fourth-order valence-corrected chi connectivity index (χ4v) is 2.79. The number of piperidine rings is 1. The van der Waals surface area contributed by atoms with Crippen molar-refractivity contribution in [1.29, 1.82) is 0 Å². The minimum atomic E-state index is -3.18. The Morgan fingerprint density at radius 2 is 1.72 bits per heavy atom. The van der Waals surface area contributed by atoms with Crippen molar-refractivity contribution in [3.63, 3.8) is 0 Å². The Kier molecular flexibility index (Phi) is 9.20. The zero-order valence-electron chi connectivity index (χ0n) is 14.8. The Bertz CT molecular complexity index is 606. The number of sulfone groups is 1. The fraction of sp³-hybridized carbons (Fsp3) is 0.500. The van der Waals surface area contributed by atoms with Crippen molar-refractivity contribution in [2.24, 2.45) is 5.92 Å². The summed E-state index contributed by atoms with van der Waals surface area (Å²) in [5.41, 5.74) is 0. The summed E-state index contributed by atoms with van der Waals surface area (Å²) in [6.07, 6.45) is 3.89. The molecule has 1 heterocycles. The van der Waals surface area contributed by atoms with Gasteiger partial charge >= 0.3 is 6.03 Å². The molecule has 25 heavy (non-hydrogen) atoms. The third-order valence-corrected chi connectivity index (χ3v) is 4.40. The monoisotopic (exact) mass is 372 g/mol. The van der Waals surface area contributed by atoms with Crippen LogP contribution in [0.3, 0.4) is 0 Å². The number of nitrogens with one attached hydrogen (secondary N) is 1. The molecule has 0 spiro atoms. The number of amides is 2. The summed E-state index contributed by atoms with van der Waals surface area (Å²) < 4.78 is 34.3. The van der Waals surface area contributed by atoms with Gasteiger partial charge < -0.3 is 10.2 Å². The molecule has 0 saturated carbocycles. The molecular formula is C18H29FN2O3S. The van der Waals surface area contributed by atoms with Crippen LogP contribution in [0.4, 0.5) is 9.18 Å². The Balaban J connectivity index is 0.000000754. The highest BCUT2D eigenvalue weighted by molar-refractivity contribution is 7.93. The highest BCUT2D eigenvalue weighted by Crippen LogP contribution is 2.17. The third-order valence-electron chi connectivity index (χ3n) is 3.75. The summed E-state index contributed by atoms with van der Waals surface area (Å²) in [7, 11) is -3.18. The highest BCUT2D eigenvalue weighted by atomic mass is 32.2. The van der Waals surface area contributed by atoms with Gasteiger partial charge in [0.25, 0.3) is 0 Å². The second-order valence-electron chi connectivity index (χ2n) is 6.14. The summed E-state index contributed by atoms with van der Waals surface area (Å²) in [6.45, 7) is 2.46. The Labute approximate surface area is 151 Å². The number of nitrogens with zero attached hydrogens (tertiary/aromatic N) is 1. The van der Waals surface area contributed by atoms with Gasteiger partial charge in [-0.25, -0.2) is 13.2 Å². The van der Waals surface area contributed by atoms with Crippen LogP contribution >= 0.6 is 0 Å². The summed E-state index contributed by atoms with van der Waals surface area (Å²) in [6, 6.07) is 11.4. The summed E-state index contributed by atoms with van der Waals surface area (Å²) in [5.74, 6) is 0.0617. The number of carbonyl (C=O) groups is 1. The second kappa shape index (κ2) is 10.9. The molecule has 1 aromatic rings. The fourth-order valence-electron chi connectivity index (χ4n) is 2.27. The van der Waals surface area contributed by atoms with Gasteiger partial charge in [-0.05, 0) is 25.7 Å². The molecule has 2 amide bonds. The maximum absolute atomic E-state index is 12.4. The molecule has 1 aromatic carbocycles. The Morgan fingerprint density at radius 3 is 2.12 bits per heavy atom. The van der Waals surface area contributed by atoms with E-state index in [2.05, 4.69) is 5.32 Å². The molecule has 1 atom stereocenters. The van der Waals surface area contributed by atoms with Crippen LogP contribution < -0.4 is 5.32 Å². The first-order chi connectivity index (χ1) is 11.8. The lowest BCUT2D eigenvalue weighted by Gasteiger charge is -2.31. The standard InChI is InChI=1S/C12H21FN2O3S.C6H6.H2/c1-10(5-8-19(2,17)18)14-12(16)15-6-3-11(9-13)4-7-15;1-2-4-6-5-3-1;/h5,8,10-11H,3-4,6-7,9H2,1-2H3,(H,14,16);1-6H;1H/b8-5+;;/t10-;;/m0../s1. The van der Waals surface area contributed by atoms with Gasteiger partial charge in [0.2, 0.25) is 0 Å². The molecular weight excluding hydrogens is 343 g/mol. The maximum Gasteiger partial charge on any atom is 0.317 e. The number of rotatable bonds is 4.